The molecule has 0 atom stereocenters. The summed E-state index contributed by atoms with van der Waals surface area (Å²) in [5, 5.41) is 14.5. The van der Waals surface area contributed by atoms with Gasteiger partial charge in [0.2, 0.25) is 0 Å². The van der Waals surface area contributed by atoms with E-state index in [4.69, 9.17) is 4.74 Å². The minimum atomic E-state index is -0.278. The molecule has 0 radical (unpaired) electrons. The van der Waals surface area contributed by atoms with E-state index in [0.29, 0.717) is 23.2 Å². The summed E-state index contributed by atoms with van der Waals surface area (Å²) < 4.78 is 5.82. The van der Waals surface area contributed by atoms with Gasteiger partial charge in [-0.15, -0.1) is 0 Å². The van der Waals surface area contributed by atoms with E-state index >= 15 is 0 Å². The second kappa shape index (κ2) is 7.84. The van der Waals surface area contributed by atoms with Crippen molar-refractivity contribution in [2.24, 2.45) is 0 Å². The number of anilines is 1. The van der Waals surface area contributed by atoms with Crippen molar-refractivity contribution in [3.63, 3.8) is 0 Å². The lowest BCUT2D eigenvalue weighted by atomic mass is 10.0. The summed E-state index contributed by atoms with van der Waals surface area (Å²) >= 11 is 0. The van der Waals surface area contributed by atoms with Crippen molar-refractivity contribution in [1.82, 2.24) is 0 Å². The fourth-order valence-electron chi connectivity index (χ4n) is 3.15. The van der Waals surface area contributed by atoms with E-state index in [9.17, 15) is 9.90 Å². The molecule has 0 aliphatic heterocycles. The molecule has 1 amide bonds. The Bertz CT molecular complexity index is 1120. The van der Waals surface area contributed by atoms with Gasteiger partial charge in [-0.1, -0.05) is 60.7 Å². The molecule has 0 saturated carbocycles. The van der Waals surface area contributed by atoms with Crippen LogP contribution in [0, 0.1) is 0 Å². The summed E-state index contributed by atoms with van der Waals surface area (Å²) in [6, 6.07) is 27.7. The van der Waals surface area contributed by atoms with Gasteiger partial charge < -0.3 is 15.2 Å². The number of para-hydroxylation sites is 2. The van der Waals surface area contributed by atoms with E-state index in [1.165, 1.54) is 0 Å². The number of rotatable bonds is 5. The third-order valence-electron chi connectivity index (χ3n) is 4.53. The number of benzene rings is 4. The van der Waals surface area contributed by atoms with Crippen molar-refractivity contribution < 1.29 is 14.6 Å². The van der Waals surface area contributed by atoms with Gasteiger partial charge in [-0.25, -0.2) is 0 Å². The third-order valence-corrected chi connectivity index (χ3v) is 4.53. The zero-order valence-corrected chi connectivity index (χ0v) is 15.1. The Balaban J connectivity index is 1.59. The lowest BCUT2D eigenvalue weighted by molar-refractivity contribution is 0.102. The van der Waals surface area contributed by atoms with Crippen LogP contribution < -0.4 is 10.1 Å². The quantitative estimate of drug-likeness (QED) is 0.497. The molecule has 0 saturated heterocycles. The predicted molar refractivity (Wildman–Crippen MR) is 111 cm³/mol. The average Bonchev–Trinajstić information content (AvgIpc) is 2.73. The first-order valence-electron chi connectivity index (χ1n) is 9.00. The molecule has 4 heteroatoms. The molecule has 0 bridgehead atoms. The number of phenols is 1. The Morgan fingerprint density at radius 1 is 0.821 bits per heavy atom. The molecule has 0 fully saturated rings. The Labute approximate surface area is 163 Å². The maximum Gasteiger partial charge on any atom is 0.256 e. The molecular formula is C24H19NO3. The van der Waals surface area contributed by atoms with Gasteiger partial charge in [-0.2, -0.15) is 0 Å². The topological polar surface area (TPSA) is 58.6 Å². The maximum absolute atomic E-state index is 12.9. The summed E-state index contributed by atoms with van der Waals surface area (Å²) in [6.45, 7) is 0.335. The zero-order chi connectivity index (χ0) is 19.3. The number of carbonyl (C=O) groups excluding carboxylic acids is 1. The lowest BCUT2D eigenvalue weighted by Gasteiger charge is -2.13. The molecule has 4 rings (SSSR count). The van der Waals surface area contributed by atoms with Gasteiger partial charge in [0.05, 0.1) is 5.56 Å². The monoisotopic (exact) mass is 369 g/mol. The summed E-state index contributed by atoms with van der Waals surface area (Å²) in [5.41, 5.74) is 1.97. The molecular weight excluding hydrogens is 350 g/mol. The van der Waals surface area contributed by atoms with Crippen LogP contribution in [-0.2, 0) is 6.61 Å². The molecule has 2 N–H and O–H groups in total. The molecule has 0 spiro atoms. The summed E-state index contributed by atoms with van der Waals surface area (Å²) in [5.74, 6) is 0.575. The first-order valence-corrected chi connectivity index (χ1v) is 9.00. The number of phenolic OH excluding ortho intramolecular Hbond substituents is 1. The van der Waals surface area contributed by atoms with Gasteiger partial charge in [0, 0.05) is 16.6 Å². The second-order valence-electron chi connectivity index (χ2n) is 6.39. The van der Waals surface area contributed by atoms with Crippen molar-refractivity contribution in [3.8, 4) is 11.5 Å². The normalized spacial score (nSPS) is 10.6. The van der Waals surface area contributed by atoms with Gasteiger partial charge in [0.25, 0.3) is 5.91 Å². The second-order valence-corrected chi connectivity index (χ2v) is 6.39. The van der Waals surface area contributed by atoms with Crippen LogP contribution in [0.4, 0.5) is 5.69 Å². The van der Waals surface area contributed by atoms with Crippen LogP contribution in [0.15, 0.2) is 91.0 Å². The van der Waals surface area contributed by atoms with Crippen LogP contribution in [-0.4, -0.2) is 11.0 Å². The molecule has 28 heavy (non-hydrogen) atoms. The SMILES string of the molecule is O=C(Nc1ccccc1COc1ccccc1)c1cccc2cccc(O)c12. The number of amides is 1. The summed E-state index contributed by atoms with van der Waals surface area (Å²) in [6.07, 6.45) is 0. The largest absolute Gasteiger partial charge is 0.507 e. The van der Waals surface area contributed by atoms with Gasteiger partial charge >= 0.3 is 0 Å². The Hall–Kier alpha value is -3.79. The van der Waals surface area contributed by atoms with Crippen molar-refractivity contribution in [1.29, 1.82) is 0 Å². The zero-order valence-electron chi connectivity index (χ0n) is 15.1. The van der Waals surface area contributed by atoms with E-state index in [0.717, 1.165) is 16.7 Å². The molecule has 4 nitrogen and oxygen atoms in total. The molecule has 138 valence electrons. The lowest BCUT2D eigenvalue weighted by Crippen LogP contribution is -2.14. The van der Waals surface area contributed by atoms with E-state index in [-0.39, 0.29) is 11.7 Å². The van der Waals surface area contributed by atoms with Crippen LogP contribution in [0.25, 0.3) is 10.8 Å². The van der Waals surface area contributed by atoms with Gasteiger partial charge in [-0.05, 0) is 35.7 Å². The van der Waals surface area contributed by atoms with Crippen molar-refractivity contribution >= 4 is 22.4 Å². The van der Waals surface area contributed by atoms with Crippen LogP contribution >= 0.6 is 0 Å². The number of nitrogens with one attached hydrogen (secondary N) is 1. The van der Waals surface area contributed by atoms with Gasteiger partial charge in [-0.3, -0.25) is 4.79 Å². The van der Waals surface area contributed by atoms with E-state index < -0.39 is 0 Å². The number of hydrogen-bond donors (Lipinski definition) is 2. The van der Waals surface area contributed by atoms with Crippen molar-refractivity contribution in [2.45, 2.75) is 6.61 Å². The third kappa shape index (κ3) is 3.67. The van der Waals surface area contributed by atoms with Crippen LogP contribution in [0.5, 0.6) is 11.5 Å². The highest BCUT2D eigenvalue weighted by Crippen LogP contribution is 2.29. The number of ether oxygens (including phenoxy) is 1. The highest BCUT2D eigenvalue weighted by atomic mass is 16.5. The van der Waals surface area contributed by atoms with Gasteiger partial charge in [0.1, 0.15) is 18.1 Å². The predicted octanol–water partition coefficient (Wildman–Crippen LogP) is 5.38. The number of fused-ring (bicyclic) bond motifs is 1. The van der Waals surface area contributed by atoms with Gasteiger partial charge in [0.15, 0.2) is 0 Å². The fourth-order valence-corrected chi connectivity index (χ4v) is 3.15. The van der Waals surface area contributed by atoms with E-state index in [1.807, 2.05) is 66.7 Å². The number of hydrogen-bond acceptors (Lipinski definition) is 3. The first-order chi connectivity index (χ1) is 13.7. The van der Waals surface area contributed by atoms with E-state index in [2.05, 4.69) is 5.32 Å². The van der Waals surface area contributed by atoms with E-state index in [1.54, 1.807) is 24.3 Å². The fraction of sp³-hybridized carbons (Fsp3) is 0.0417. The maximum atomic E-state index is 12.9. The Kier molecular flexibility index (Phi) is 4.93. The highest BCUT2D eigenvalue weighted by molar-refractivity contribution is 6.14. The Morgan fingerprint density at radius 3 is 2.36 bits per heavy atom. The number of carbonyl (C=O) groups is 1. The first kappa shape index (κ1) is 17.6. The minimum absolute atomic E-state index is 0.0870. The molecule has 4 aromatic rings. The molecule has 0 aromatic heterocycles. The minimum Gasteiger partial charge on any atom is -0.507 e. The molecule has 0 aliphatic rings. The standard InChI is InChI=1S/C24H19NO3/c26-22-15-7-10-17-9-6-13-20(23(17)22)24(27)25-21-14-5-4-8-18(21)16-28-19-11-2-1-3-12-19/h1-15,26H,16H2,(H,25,27). The van der Waals surface area contributed by atoms with Crippen molar-refractivity contribution in [3.05, 3.63) is 102 Å². The molecule has 4 aromatic carbocycles. The summed E-state index contributed by atoms with van der Waals surface area (Å²) in [4.78, 5) is 12.9. The summed E-state index contributed by atoms with van der Waals surface area (Å²) in [7, 11) is 0. The van der Waals surface area contributed by atoms with Crippen molar-refractivity contribution in [2.75, 3.05) is 5.32 Å². The Morgan fingerprint density at radius 2 is 1.54 bits per heavy atom. The van der Waals surface area contributed by atoms with Crippen LogP contribution in [0.3, 0.4) is 0 Å². The molecule has 0 unspecified atom stereocenters. The van der Waals surface area contributed by atoms with Crippen LogP contribution in [0.2, 0.25) is 0 Å². The van der Waals surface area contributed by atoms with Crippen LogP contribution in [0.1, 0.15) is 15.9 Å². The number of aromatic hydroxyl groups is 1. The molecule has 0 aliphatic carbocycles. The molecule has 0 heterocycles. The smallest absolute Gasteiger partial charge is 0.256 e. The average molecular weight is 369 g/mol. The highest BCUT2D eigenvalue weighted by Gasteiger charge is 2.14.